The maximum Gasteiger partial charge on any atom is 0.317 e. The lowest BCUT2D eigenvalue weighted by Crippen LogP contribution is -2.19. The zero-order valence-electron chi connectivity index (χ0n) is 14.1. The third kappa shape index (κ3) is 7.26. The van der Waals surface area contributed by atoms with E-state index >= 15 is 0 Å². The highest BCUT2D eigenvalue weighted by Gasteiger charge is 2.38. The fraction of sp³-hybridized carbons (Fsp3) is 0.737. The summed E-state index contributed by atoms with van der Waals surface area (Å²) in [6.07, 6.45) is 16.6. The first-order valence-electron chi connectivity index (χ1n) is 8.90. The number of rotatable bonds is 12. The molecule has 1 rings (SSSR count). The molecule has 0 unspecified atom stereocenters. The maximum absolute atomic E-state index is 11.5. The zero-order chi connectivity index (χ0) is 16.2. The molecule has 2 atom stereocenters. The van der Waals surface area contributed by atoms with Gasteiger partial charge in [-0.25, -0.2) is 0 Å². The Labute approximate surface area is 135 Å². The Morgan fingerprint density at radius 2 is 1.64 bits per heavy atom. The van der Waals surface area contributed by atoms with Gasteiger partial charge in [-0.3, -0.25) is 4.79 Å². The SMILES string of the molecule is C=C1OC(=O)[C@H](CCCCCC/C=C\CCCCCC)[C@H]1O. The number of ether oxygens (including phenoxy) is 1. The second-order valence-electron chi connectivity index (χ2n) is 6.25. The molecule has 0 aromatic rings. The van der Waals surface area contributed by atoms with Crippen molar-refractivity contribution in [3.8, 4) is 0 Å². The highest BCUT2D eigenvalue weighted by atomic mass is 16.6. The van der Waals surface area contributed by atoms with Gasteiger partial charge in [0.05, 0.1) is 5.92 Å². The Hall–Kier alpha value is -1.09. The fourth-order valence-corrected chi connectivity index (χ4v) is 2.80. The van der Waals surface area contributed by atoms with E-state index in [0.29, 0.717) is 6.42 Å². The number of hydrogen-bond donors (Lipinski definition) is 1. The van der Waals surface area contributed by atoms with Gasteiger partial charge in [0.15, 0.2) is 0 Å². The molecule has 1 aliphatic rings. The lowest BCUT2D eigenvalue weighted by atomic mass is 9.96. The molecule has 126 valence electrons. The summed E-state index contributed by atoms with van der Waals surface area (Å²) in [4.78, 5) is 11.5. The van der Waals surface area contributed by atoms with E-state index in [4.69, 9.17) is 4.74 Å². The van der Waals surface area contributed by atoms with Crippen LogP contribution in [0.2, 0.25) is 0 Å². The normalized spacial score (nSPS) is 21.7. The van der Waals surface area contributed by atoms with Crippen molar-refractivity contribution in [2.24, 2.45) is 5.92 Å². The molecule has 0 saturated carbocycles. The van der Waals surface area contributed by atoms with E-state index in [1.807, 2.05) is 0 Å². The van der Waals surface area contributed by atoms with Crippen LogP contribution in [0.1, 0.15) is 77.6 Å². The number of allylic oxidation sites excluding steroid dienone is 2. The summed E-state index contributed by atoms with van der Waals surface area (Å²) in [6.45, 7) is 5.78. The molecule has 1 fully saturated rings. The second-order valence-corrected chi connectivity index (χ2v) is 6.25. The van der Waals surface area contributed by atoms with Crippen molar-refractivity contribution < 1.29 is 14.6 Å². The van der Waals surface area contributed by atoms with Crippen LogP contribution in [0.5, 0.6) is 0 Å². The Kier molecular flexibility index (Phi) is 9.89. The van der Waals surface area contributed by atoms with E-state index in [-0.39, 0.29) is 11.7 Å². The number of cyclic esters (lactones) is 1. The van der Waals surface area contributed by atoms with Crippen LogP contribution < -0.4 is 0 Å². The minimum atomic E-state index is -0.803. The molecule has 1 heterocycles. The molecule has 3 nitrogen and oxygen atoms in total. The lowest BCUT2D eigenvalue weighted by Gasteiger charge is -2.08. The average Bonchev–Trinajstić information content (AvgIpc) is 2.74. The second kappa shape index (κ2) is 11.5. The first kappa shape index (κ1) is 19.0. The Bertz CT molecular complexity index is 360. The van der Waals surface area contributed by atoms with Crippen molar-refractivity contribution in [3.05, 3.63) is 24.5 Å². The van der Waals surface area contributed by atoms with Gasteiger partial charge in [0, 0.05) is 0 Å². The van der Waals surface area contributed by atoms with Gasteiger partial charge in [0.25, 0.3) is 0 Å². The summed E-state index contributed by atoms with van der Waals surface area (Å²) in [5, 5.41) is 9.75. The molecule has 0 spiro atoms. The minimum absolute atomic E-state index is 0.207. The molecule has 1 saturated heterocycles. The summed E-state index contributed by atoms with van der Waals surface area (Å²) in [7, 11) is 0. The molecular formula is C19H32O3. The van der Waals surface area contributed by atoms with Gasteiger partial charge in [-0.05, 0) is 32.1 Å². The molecule has 0 radical (unpaired) electrons. The van der Waals surface area contributed by atoms with Gasteiger partial charge in [0.1, 0.15) is 11.9 Å². The smallest absolute Gasteiger partial charge is 0.317 e. The summed E-state index contributed by atoms with van der Waals surface area (Å²) in [5.74, 6) is -0.502. The molecule has 22 heavy (non-hydrogen) atoms. The van der Waals surface area contributed by atoms with E-state index in [0.717, 1.165) is 19.3 Å². The maximum atomic E-state index is 11.5. The average molecular weight is 308 g/mol. The van der Waals surface area contributed by atoms with Crippen molar-refractivity contribution in [1.29, 1.82) is 0 Å². The standard InChI is InChI=1S/C19H32O3/c1-3-4-5-6-7-8-9-10-11-12-13-14-15-17-18(20)16(2)22-19(17)21/h8-9,17-18,20H,2-7,10-15H2,1H3/b9-8-/t17-,18+/m1/s1. The zero-order valence-corrected chi connectivity index (χ0v) is 14.1. The number of aliphatic hydroxyl groups is 1. The molecule has 1 aliphatic heterocycles. The topological polar surface area (TPSA) is 46.5 Å². The number of aliphatic hydroxyl groups excluding tert-OH is 1. The van der Waals surface area contributed by atoms with Crippen molar-refractivity contribution in [3.63, 3.8) is 0 Å². The lowest BCUT2D eigenvalue weighted by molar-refractivity contribution is -0.139. The van der Waals surface area contributed by atoms with Crippen molar-refractivity contribution in [1.82, 2.24) is 0 Å². The largest absolute Gasteiger partial charge is 0.429 e. The van der Waals surface area contributed by atoms with E-state index in [1.165, 1.54) is 44.9 Å². The van der Waals surface area contributed by atoms with Crippen LogP contribution in [-0.4, -0.2) is 17.2 Å². The van der Waals surface area contributed by atoms with Crippen LogP contribution in [0.15, 0.2) is 24.5 Å². The van der Waals surface area contributed by atoms with E-state index < -0.39 is 12.0 Å². The fourth-order valence-electron chi connectivity index (χ4n) is 2.80. The van der Waals surface area contributed by atoms with Crippen LogP contribution in [0.3, 0.4) is 0 Å². The Morgan fingerprint density at radius 3 is 2.18 bits per heavy atom. The van der Waals surface area contributed by atoms with E-state index in [9.17, 15) is 9.90 Å². The summed E-state index contributed by atoms with van der Waals surface area (Å²) < 4.78 is 4.85. The van der Waals surface area contributed by atoms with Gasteiger partial charge in [-0.2, -0.15) is 0 Å². The van der Waals surface area contributed by atoms with Crippen LogP contribution in [0.4, 0.5) is 0 Å². The van der Waals surface area contributed by atoms with Gasteiger partial charge in [-0.15, -0.1) is 0 Å². The molecule has 0 aromatic heterocycles. The van der Waals surface area contributed by atoms with Crippen LogP contribution in [-0.2, 0) is 9.53 Å². The number of carbonyl (C=O) groups excluding carboxylic acids is 1. The molecule has 1 N–H and O–H groups in total. The third-order valence-electron chi connectivity index (χ3n) is 4.27. The van der Waals surface area contributed by atoms with Gasteiger partial charge in [-0.1, -0.05) is 64.2 Å². The first-order chi connectivity index (χ1) is 10.7. The number of esters is 1. The van der Waals surface area contributed by atoms with Crippen LogP contribution >= 0.6 is 0 Å². The highest BCUT2D eigenvalue weighted by Crippen LogP contribution is 2.28. The number of carbonyl (C=O) groups is 1. The molecule has 0 aromatic carbocycles. The molecule has 3 heteroatoms. The Balaban J connectivity index is 1.92. The molecule has 0 bridgehead atoms. The Morgan fingerprint density at radius 1 is 1.05 bits per heavy atom. The monoisotopic (exact) mass is 308 g/mol. The van der Waals surface area contributed by atoms with Crippen LogP contribution in [0.25, 0.3) is 0 Å². The van der Waals surface area contributed by atoms with Gasteiger partial charge in [0.2, 0.25) is 0 Å². The van der Waals surface area contributed by atoms with Crippen molar-refractivity contribution in [2.75, 3.05) is 0 Å². The minimum Gasteiger partial charge on any atom is -0.429 e. The highest BCUT2D eigenvalue weighted by molar-refractivity contribution is 5.77. The van der Waals surface area contributed by atoms with Crippen molar-refractivity contribution in [2.45, 2.75) is 83.7 Å². The summed E-state index contributed by atoms with van der Waals surface area (Å²) in [5.41, 5.74) is 0. The number of unbranched alkanes of at least 4 members (excludes halogenated alkanes) is 8. The van der Waals surface area contributed by atoms with Crippen molar-refractivity contribution >= 4 is 5.97 Å². The summed E-state index contributed by atoms with van der Waals surface area (Å²) >= 11 is 0. The molecule has 0 aliphatic carbocycles. The third-order valence-corrected chi connectivity index (χ3v) is 4.27. The van der Waals surface area contributed by atoms with Gasteiger partial charge >= 0.3 is 5.97 Å². The summed E-state index contributed by atoms with van der Waals surface area (Å²) in [6, 6.07) is 0. The predicted molar refractivity (Wildman–Crippen MR) is 90.3 cm³/mol. The predicted octanol–water partition coefficient (Wildman–Crippen LogP) is 4.90. The quantitative estimate of drug-likeness (QED) is 0.317. The molecule has 0 amide bonds. The van der Waals surface area contributed by atoms with E-state index in [1.54, 1.807) is 0 Å². The molecular weight excluding hydrogens is 276 g/mol. The van der Waals surface area contributed by atoms with Gasteiger partial charge < -0.3 is 9.84 Å². The van der Waals surface area contributed by atoms with Crippen LogP contribution in [0, 0.1) is 5.92 Å². The van der Waals surface area contributed by atoms with E-state index in [2.05, 4.69) is 25.7 Å². The number of hydrogen-bond acceptors (Lipinski definition) is 3. The first-order valence-corrected chi connectivity index (χ1v) is 8.90.